The van der Waals surface area contributed by atoms with Crippen LogP contribution < -0.4 is 5.32 Å². The van der Waals surface area contributed by atoms with E-state index in [1.807, 2.05) is 0 Å². The summed E-state index contributed by atoms with van der Waals surface area (Å²) in [5, 5.41) is 12.5. The van der Waals surface area contributed by atoms with Gasteiger partial charge in [-0.2, -0.15) is 0 Å². The van der Waals surface area contributed by atoms with Crippen LogP contribution in [0.3, 0.4) is 0 Å². The topological polar surface area (TPSA) is 66.4 Å². The minimum Gasteiger partial charge on any atom is -0.481 e. The summed E-state index contributed by atoms with van der Waals surface area (Å²) in [7, 11) is 0. The number of hydrogen-bond acceptors (Lipinski definition) is 2. The molecule has 1 amide bonds. The van der Waals surface area contributed by atoms with Gasteiger partial charge in [-0.3, -0.25) is 9.59 Å². The van der Waals surface area contributed by atoms with Crippen molar-refractivity contribution < 1.29 is 14.7 Å². The molecule has 0 radical (unpaired) electrons. The number of hydrogen-bond donors (Lipinski definition) is 2. The normalized spacial score (nSPS) is 23.8. The molecule has 0 atom stereocenters. The standard InChI is InChI=1S/C16H27NO3/c18-14(12-16(15(19)20)10-6-7-11-16)17-13-8-4-2-1-3-5-9-13/h13H,1-12H2,(H,17,18)(H,19,20). The van der Waals surface area contributed by atoms with Gasteiger partial charge in [-0.1, -0.05) is 44.9 Å². The van der Waals surface area contributed by atoms with E-state index in [0.717, 1.165) is 25.7 Å². The third kappa shape index (κ3) is 3.97. The summed E-state index contributed by atoms with van der Waals surface area (Å²) in [6, 6.07) is 0.259. The van der Waals surface area contributed by atoms with E-state index in [-0.39, 0.29) is 18.4 Å². The highest BCUT2D eigenvalue weighted by Crippen LogP contribution is 2.41. The Bertz CT molecular complexity index is 340. The Balaban J connectivity index is 1.85. The van der Waals surface area contributed by atoms with Crippen molar-refractivity contribution in [3.05, 3.63) is 0 Å². The fourth-order valence-corrected chi connectivity index (χ4v) is 3.70. The molecule has 2 aliphatic carbocycles. The van der Waals surface area contributed by atoms with Gasteiger partial charge in [0.25, 0.3) is 0 Å². The van der Waals surface area contributed by atoms with Crippen LogP contribution in [0.2, 0.25) is 0 Å². The number of aliphatic carboxylic acids is 1. The zero-order valence-corrected chi connectivity index (χ0v) is 12.3. The second kappa shape index (κ2) is 7.09. The summed E-state index contributed by atoms with van der Waals surface area (Å²) in [6.07, 6.45) is 11.6. The van der Waals surface area contributed by atoms with Gasteiger partial charge in [0.1, 0.15) is 0 Å². The van der Waals surface area contributed by atoms with E-state index in [2.05, 4.69) is 5.32 Å². The highest BCUT2D eigenvalue weighted by Gasteiger charge is 2.43. The van der Waals surface area contributed by atoms with Gasteiger partial charge < -0.3 is 10.4 Å². The second-order valence-electron chi connectivity index (χ2n) is 6.58. The van der Waals surface area contributed by atoms with Crippen LogP contribution >= 0.6 is 0 Å². The summed E-state index contributed by atoms with van der Waals surface area (Å²) < 4.78 is 0. The molecule has 0 bridgehead atoms. The highest BCUT2D eigenvalue weighted by molar-refractivity contribution is 5.85. The number of carboxylic acids is 1. The molecule has 0 aromatic heterocycles. The maximum atomic E-state index is 12.2. The fourth-order valence-electron chi connectivity index (χ4n) is 3.70. The maximum Gasteiger partial charge on any atom is 0.310 e. The summed E-state index contributed by atoms with van der Waals surface area (Å²) in [5.41, 5.74) is -0.786. The molecule has 2 N–H and O–H groups in total. The molecule has 0 unspecified atom stereocenters. The van der Waals surface area contributed by atoms with E-state index in [9.17, 15) is 14.7 Å². The lowest BCUT2D eigenvalue weighted by molar-refractivity contribution is -0.151. The maximum absolute atomic E-state index is 12.2. The van der Waals surface area contributed by atoms with Crippen molar-refractivity contribution in [2.75, 3.05) is 0 Å². The Hall–Kier alpha value is -1.06. The van der Waals surface area contributed by atoms with Crippen molar-refractivity contribution in [2.24, 2.45) is 5.41 Å². The molecular formula is C16H27NO3. The molecule has 2 fully saturated rings. The number of carboxylic acid groups (broad SMARTS) is 1. The largest absolute Gasteiger partial charge is 0.481 e. The molecule has 2 aliphatic rings. The monoisotopic (exact) mass is 281 g/mol. The van der Waals surface area contributed by atoms with Crippen molar-refractivity contribution in [3.63, 3.8) is 0 Å². The van der Waals surface area contributed by atoms with Crippen LogP contribution in [0.15, 0.2) is 0 Å². The molecule has 0 aromatic carbocycles. The van der Waals surface area contributed by atoms with E-state index in [0.29, 0.717) is 12.8 Å². The van der Waals surface area contributed by atoms with E-state index in [4.69, 9.17) is 0 Å². The van der Waals surface area contributed by atoms with Crippen LogP contribution in [0.5, 0.6) is 0 Å². The number of amides is 1. The van der Waals surface area contributed by atoms with Crippen LogP contribution in [0, 0.1) is 5.41 Å². The molecular weight excluding hydrogens is 254 g/mol. The predicted octanol–water partition coefficient (Wildman–Crippen LogP) is 3.25. The van der Waals surface area contributed by atoms with Crippen molar-refractivity contribution in [1.29, 1.82) is 0 Å². The van der Waals surface area contributed by atoms with Gasteiger partial charge in [-0.05, 0) is 25.7 Å². The van der Waals surface area contributed by atoms with Gasteiger partial charge in [0, 0.05) is 12.5 Å². The van der Waals surface area contributed by atoms with Gasteiger partial charge in [0.2, 0.25) is 5.91 Å². The summed E-state index contributed by atoms with van der Waals surface area (Å²) >= 11 is 0. The van der Waals surface area contributed by atoms with E-state index < -0.39 is 11.4 Å². The van der Waals surface area contributed by atoms with Crippen molar-refractivity contribution in [3.8, 4) is 0 Å². The van der Waals surface area contributed by atoms with Crippen LogP contribution in [0.4, 0.5) is 0 Å². The number of rotatable bonds is 4. The molecule has 0 saturated heterocycles. The smallest absolute Gasteiger partial charge is 0.310 e. The molecule has 0 spiro atoms. The van der Waals surface area contributed by atoms with Gasteiger partial charge >= 0.3 is 5.97 Å². The van der Waals surface area contributed by atoms with Crippen LogP contribution in [-0.4, -0.2) is 23.0 Å². The summed E-state index contributed by atoms with van der Waals surface area (Å²) in [6.45, 7) is 0. The van der Waals surface area contributed by atoms with Gasteiger partial charge in [0.15, 0.2) is 0 Å². The Morgan fingerprint density at radius 2 is 1.50 bits per heavy atom. The second-order valence-corrected chi connectivity index (χ2v) is 6.58. The first-order valence-electron chi connectivity index (χ1n) is 8.15. The average molecular weight is 281 g/mol. The highest BCUT2D eigenvalue weighted by atomic mass is 16.4. The number of nitrogens with one attached hydrogen (secondary N) is 1. The lowest BCUT2D eigenvalue weighted by Crippen LogP contribution is -2.40. The number of carbonyl (C=O) groups excluding carboxylic acids is 1. The summed E-state index contributed by atoms with van der Waals surface area (Å²) in [5.74, 6) is -0.845. The quantitative estimate of drug-likeness (QED) is 0.831. The lowest BCUT2D eigenvalue weighted by Gasteiger charge is -2.26. The first-order valence-corrected chi connectivity index (χ1v) is 8.15. The van der Waals surface area contributed by atoms with Gasteiger partial charge in [-0.15, -0.1) is 0 Å². The Labute approximate surface area is 121 Å². The first kappa shape index (κ1) is 15.3. The van der Waals surface area contributed by atoms with E-state index in [1.54, 1.807) is 0 Å². The number of carbonyl (C=O) groups is 2. The van der Waals surface area contributed by atoms with E-state index in [1.165, 1.54) is 32.1 Å². The molecule has 0 aromatic rings. The zero-order valence-electron chi connectivity index (χ0n) is 12.3. The first-order chi connectivity index (χ1) is 9.62. The Morgan fingerprint density at radius 3 is 2.05 bits per heavy atom. The molecule has 4 heteroatoms. The van der Waals surface area contributed by atoms with Gasteiger partial charge in [0.05, 0.1) is 5.41 Å². The molecule has 0 heterocycles. The van der Waals surface area contributed by atoms with Crippen LogP contribution in [-0.2, 0) is 9.59 Å². The minimum absolute atomic E-state index is 0.0557. The van der Waals surface area contributed by atoms with Crippen molar-refractivity contribution >= 4 is 11.9 Å². The molecule has 2 rings (SSSR count). The summed E-state index contributed by atoms with van der Waals surface area (Å²) in [4.78, 5) is 23.7. The molecule has 2 saturated carbocycles. The molecule has 20 heavy (non-hydrogen) atoms. The molecule has 0 aliphatic heterocycles. The van der Waals surface area contributed by atoms with Crippen LogP contribution in [0.1, 0.15) is 77.0 Å². The fraction of sp³-hybridized carbons (Fsp3) is 0.875. The van der Waals surface area contributed by atoms with Crippen molar-refractivity contribution in [2.45, 2.75) is 83.1 Å². The zero-order chi connectivity index (χ0) is 14.4. The molecule has 4 nitrogen and oxygen atoms in total. The van der Waals surface area contributed by atoms with Crippen LogP contribution in [0.25, 0.3) is 0 Å². The minimum atomic E-state index is -0.789. The third-order valence-corrected chi connectivity index (χ3v) is 4.98. The molecule has 114 valence electrons. The Kier molecular flexibility index (Phi) is 5.44. The predicted molar refractivity (Wildman–Crippen MR) is 77.4 cm³/mol. The third-order valence-electron chi connectivity index (χ3n) is 4.98. The SMILES string of the molecule is O=C(CC1(C(=O)O)CCCC1)NC1CCCCCCC1. The Morgan fingerprint density at radius 1 is 0.950 bits per heavy atom. The average Bonchev–Trinajstić information content (AvgIpc) is 2.82. The lowest BCUT2D eigenvalue weighted by atomic mass is 9.82. The van der Waals surface area contributed by atoms with Crippen molar-refractivity contribution in [1.82, 2.24) is 5.32 Å². The van der Waals surface area contributed by atoms with Gasteiger partial charge in [-0.25, -0.2) is 0 Å². The van der Waals surface area contributed by atoms with E-state index >= 15 is 0 Å².